The van der Waals surface area contributed by atoms with E-state index in [1.807, 2.05) is 0 Å². The normalized spacial score (nSPS) is 14.4. The van der Waals surface area contributed by atoms with Crippen LogP contribution in [0.5, 0.6) is 5.75 Å². The van der Waals surface area contributed by atoms with Crippen LogP contribution < -0.4 is 0 Å². The van der Waals surface area contributed by atoms with E-state index in [0.717, 1.165) is 0 Å². The van der Waals surface area contributed by atoms with Gasteiger partial charge in [0.1, 0.15) is 11.9 Å². The lowest BCUT2D eigenvalue weighted by Gasteiger charge is -2.19. The van der Waals surface area contributed by atoms with E-state index in [1.165, 1.54) is 13.1 Å². The molecule has 1 aromatic rings. The van der Waals surface area contributed by atoms with Crippen molar-refractivity contribution < 1.29 is 30.3 Å². The van der Waals surface area contributed by atoms with Gasteiger partial charge in [0, 0.05) is 17.3 Å². The van der Waals surface area contributed by atoms with Gasteiger partial charge in [-0.2, -0.15) is 0 Å². The fraction of sp³-hybridized carbons (Fsp3) is 0.400. The Morgan fingerprint density at radius 2 is 2.06 bits per heavy atom. The van der Waals surface area contributed by atoms with E-state index in [1.54, 1.807) is 0 Å². The number of aromatic hydroxyl groups is 1. The Bertz CT molecular complexity index is 433. The number of hydrogen-bond acceptors (Lipinski definition) is 6. The van der Waals surface area contributed by atoms with E-state index >= 15 is 0 Å². The fourth-order valence-corrected chi connectivity index (χ4v) is 1.40. The molecular formula is C10H13NO6. The van der Waals surface area contributed by atoms with E-state index in [9.17, 15) is 20.1 Å². The van der Waals surface area contributed by atoms with Crippen molar-refractivity contribution >= 4 is 5.97 Å². The van der Waals surface area contributed by atoms with Crippen molar-refractivity contribution in [2.24, 2.45) is 0 Å². The lowest BCUT2D eigenvalue weighted by Crippen LogP contribution is -2.28. The zero-order valence-corrected chi connectivity index (χ0v) is 9.03. The third-order valence-corrected chi connectivity index (χ3v) is 2.38. The summed E-state index contributed by atoms with van der Waals surface area (Å²) < 4.78 is 0. The van der Waals surface area contributed by atoms with Crippen LogP contribution >= 0.6 is 0 Å². The van der Waals surface area contributed by atoms with E-state index in [-0.39, 0.29) is 16.8 Å². The second kappa shape index (κ2) is 5.09. The van der Waals surface area contributed by atoms with Gasteiger partial charge in [0.2, 0.25) is 0 Å². The van der Waals surface area contributed by atoms with Gasteiger partial charge < -0.3 is 25.5 Å². The summed E-state index contributed by atoms with van der Waals surface area (Å²) >= 11 is 0. The third kappa shape index (κ3) is 2.52. The minimum Gasteiger partial charge on any atom is -0.506 e. The quantitative estimate of drug-likeness (QED) is 0.461. The van der Waals surface area contributed by atoms with Crippen LogP contribution in [0.15, 0.2) is 6.20 Å². The van der Waals surface area contributed by atoms with Gasteiger partial charge in [0.25, 0.3) is 0 Å². The first-order valence-electron chi connectivity index (χ1n) is 4.77. The second-order valence-corrected chi connectivity index (χ2v) is 3.52. The maximum absolute atomic E-state index is 10.5. The molecule has 94 valence electrons. The molecule has 0 spiro atoms. The molecule has 5 N–H and O–H groups in total. The average Bonchev–Trinajstić information content (AvgIpc) is 2.30. The number of pyridine rings is 1. The number of rotatable bonds is 4. The summed E-state index contributed by atoms with van der Waals surface area (Å²) in [6.07, 6.45) is -2.73. The molecule has 2 atom stereocenters. The summed E-state index contributed by atoms with van der Waals surface area (Å²) in [6, 6.07) is 0. The summed E-state index contributed by atoms with van der Waals surface area (Å²) in [7, 11) is 0. The van der Waals surface area contributed by atoms with Crippen molar-refractivity contribution in [3.63, 3.8) is 0 Å². The minimum atomic E-state index is -2.09. The Balaban J connectivity index is 3.28. The highest BCUT2D eigenvalue weighted by Crippen LogP contribution is 2.31. The number of aliphatic hydroxyl groups is 3. The molecule has 0 saturated carbocycles. The molecule has 0 aliphatic carbocycles. The predicted molar refractivity (Wildman–Crippen MR) is 55.2 cm³/mol. The second-order valence-electron chi connectivity index (χ2n) is 3.52. The lowest BCUT2D eigenvalue weighted by molar-refractivity contribution is -0.153. The van der Waals surface area contributed by atoms with E-state index < -0.39 is 30.5 Å². The molecular weight excluding hydrogens is 230 g/mol. The number of carboxylic acids is 1. The van der Waals surface area contributed by atoms with Gasteiger partial charge in [0.05, 0.1) is 12.3 Å². The zero-order valence-electron chi connectivity index (χ0n) is 9.03. The number of carboxylic acid groups (broad SMARTS) is 1. The third-order valence-electron chi connectivity index (χ3n) is 2.38. The summed E-state index contributed by atoms with van der Waals surface area (Å²) in [4.78, 5) is 14.3. The molecule has 0 aliphatic heterocycles. The number of aryl methyl sites for hydroxylation is 1. The highest BCUT2D eigenvalue weighted by atomic mass is 16.4. The molecule has 0 aliphatic rings. The fourth-order valence-electron chi connectivity index (χ4n) is 1.40. The Morgan fingerprint density at radius 1 is 1.47 bits per heavy atom. The molecule has 0 aromatic carbocycles. The predicted octanol–water partition coefficient (Wildman–Crippen LogP) is -0.933. The van der Waals surface area contributed by atoms with Gasteiger partial charge in [-0.25, -0.2) is 4.79 Å². The molecule has 1 heterocycles. The van der Waals surface area contributed by atoms with Crippen LogP contribution in [-0.2, 0) is 11.4 Å². The average molecular weight is 243 g/mol. The van der Waals surface area contributed by atoms with Gasteiger partial charge >= 0.3 is 5.97 Å². The number of hydrogen-bond donors (Lipinski definition) is 5. The van der Waals surface area contributed by atoms with Crippen molar-refractivity contribution in [1.82, 2.24) is 4.98 Å². The Kier molecular flexibility index (Phi) is 4.00. The van der Waals surface area contributed by atoms with E-state index in [2.05, 4.69) is 4.98 Å². The van der Waals surface area contributed by atoms with Crippen molar-refractivity contribution in [2.75, 3.05) is 0 Å². The lowest BCUT2D eigenvalue weighted by atomic mass is 9.98. The summed E-state index contributed by atoms with van der Waals surface area (Å²) in [5.41, 5.74) is -0.00959. The Morgan fingerprint density at radius 3 is 2.53 bits per heavy atom. The molecule has 17 heavy (non-hydrogen) atoms. The van der Waals surface area contributed by atoms with Crippen LogP contribution in [0.1, 0.15) is 22.9 Å². The number of nitrogens with zero attached hydrogens (tertiary/aromatic N) is 1. The molecule has 1 aromatic heterocycles. The molecule has 0 fully saturated rings. The summed E-state index contributed by atoms with van der Waals surface area (Å²) in [5.74, 6) is -2.07. The van der Waals surface area contributed by atoms with Crippen molar-refractivity contribution in [2.45, 2.75) is 25.7 Å². The van der Waals surface area contributed by atoms with Crippen molar-refractivity contribution in [1.29, 1.82) is 0 Å². The number of aliphatic hydroxyl groups excluding tert-OH is 3. The molecule has 7 heteroatoms. The summed E-state index contributed by atoms with van der Waals surface area (Å²) in [6.45, 7) is 0.902. The molecule has 0 amide bonds. The highest BCUT2D eigenvalue weighted by molar-refractivity contribution is 5.73. The van der Waals surface area contributed by atoms with Gasteiger partial charge in [-0.15, -0.1) is 0 Å². The van der Waals surface area contributed by atoms with Gasteiger partial charge in [-0.05, 0) is 6.92 Å². The molecule has 2 unspecified atom stereocenters. The van der Waals surface area contributed by atoms with Gasteiger partial charge in [-0.1, -0.05) is 0 Å². The van der Waals surface area contributed by atoms with Gasteiger partial charge in [0.15, 0.2) is 6.10 Å². The minimum absolute atomic E-state index is 0.0564. The van der Waals surface area contributed by atoms with Gasteiger partial charge in [-0.3, -0.25) is 4.98 Å². The van der Waals surface area contributed by atoms with Crippen LogP contribution in [-0.4, -0.2) is 42.6 Å². The molecule has 0 saturated heterocycles. The Hall–Kier alpha value is -1.70. The van der Waals surface area contributed by atoms with Crippen LogP contribution in [0.3, 0.4) is 0 Å². The van der Waals surface area contributed by atoms with Crippen LogP contribution in [0.4, 0.5) is 0 Å². The molecule has 7 nitrogen and oxygen atoms in total. The number of aromatic nitrogens is 1. The summed E-state index contributed by atoms with van der Waals surface area (Å²) in [5, 5.41) is 46.1. The first kappa shape index (κ1) is 13.4. The number of carbonyl (C=O) groups is 1. The largest absolute Gasteiger partial charge is 0.506 e. The first-order valence-corrected chi connectivity index (χ1v) is 4.77. The Labute approximate surface area is 96.6 Å². The maximum Gasteiger partial charge on any atom is 0.335 e. The first-order chi connectivity index (χ1) is 7.90. The SMILES string of the molecule is Cc1ncc(CO)c(C(O)C(O)C(=O)O)c1O. The van der Waals surface area contributed by atoms with Crippen LogP contribution in [0, 0.1) is 6.92 Å². The maximum atomic E-state index is 10.5. The smallest absolute Gasteiger partial charge is 0.335 e. The van der Waals surface area contributed by atoms with Crippen molar-refractivity contribution in [3.8, 4) is 5.75 Å². The monoisotopic (exact) mass is 243 g/mol. The number of aliphatic carboxylic acids is 1. The van der Waals surface area contributed by atoms with Crippen molar-refractivity contribution in [3.05, 3.63) is 23.0 Å². The van der Waals surface area contributed by atoms with Crippen LogP contribution in [0.2, 0.25) is 0 Å². The zero-order chi connectivity index (χ0) is 13.2. The highest BCUT2D eigenvalue weighted by Gasteiger charge is 2.30. The molecule has 0 radical (unpaired) electrons. The standard InChI is InChI=1S/C10H13NO6/c1-4-7(13)6(5(3-12)2-11-4)8(14)9(15)10(16)17/h2,8-9,12-15H,3H2,1H3,(H,16,17). The van der Waals surface area contributed by atoms with E-state index in [0.29, 0.717) is 0 Å². The van der Waals surface area contributed by atoms with E-state index in [4.69, 9.17) is 10.2 Å². The molecule has 0 bridgehead atoms. The van der Waals surface area contributed by atoms with Crippen LogP contribution in [0.25, 0.3) is 0 Å². The molecule has 1 rings (SSSR count). The topological polar surface area (TPSA) is 131 Å².